The first-order valence-corrected chi connectivity index (χ1v) is 7.65. The normalized spacial score (nSPS) is 31.8. The summed E-state index contributed by atoms with van der Waals surface area (Å²) in [5.41, 5.74) is 1.24. The number of hydrogen-bond donors (Lipinski definition) is 1. The fourth-order valence-electron chi connectivity index (χ4n) is 3.61. The summed E-state index contributed by atoms with van der Waals surface area (Å²) in [7, 11) is 2.07. The van der Waals surface area contributed by atoms with Crippen LogP contribution < -0.4 is 5.32 Å². The minimum Gasteiger partial charge on any atom is -0.378 e. The summed E-state index contributed by atoms with van der Waals surface area (Å²) in [5.74, 6) is 0.584. The van der Waals surface area contributed by atoms with E-state index in [1.165, 1.54) is 5.69 Å². The van der Waals surface area contributed by atoms with Crippen LogP contribution in [-0.2, 0) is 16.5 Å². The molecule has 20 heavy (non-hydrogen) atoms. The van der Waals surface area contributed by atoms with E-state index in [-0.39, 0.29) is 5.60 Å². The van der Waals surface area contributed by atoms with E-state index in [0.717, 1.165) is 45.6 Å². The maximum Gasteiger partial charge on any atom is 0.0946 e. The Balaban J connectivity index is 1.79. The lowest BCUT2D eigenvalue weighted by atomic mass is 9.80. The van der Waals surface area contributed by atoms with Crippen LogP contribution in [0.3, 0.4) is 0 Å². The van der Waals surface area contributed by atoms with Gasteiger partial charge in [0.05, 0.1) is 30.3 Å². The van der Waals surface area contributed by atoms with Crippen molar-refractivity contribution in [3.8, 4) is 0 Å². The zero-order chi connectivity index (χ0) is 14.0. The SMILES string of the molecule is CCNC(c1cncn1C)C1CCOC2(CCOC2)C1. The van der Waals surface area contributed by atoms with Crippen molar-refractivity contribution in [3.05, 3.63) is 18.2 Å². The predicted molar refractivity (Wildman–Crippen MR) is 76.5 cm³/mol. The molecule has 0 amide bonds. The number of nitrogens with zero attached hydrogens (tertiary/aromatic N) is 2. The lowest BCUT2D eigenvalue weighted by molar-refractivity contribution is -0.103. The Morgan fingerprint density at radius 3 is 3.10 bits per heavy atom. The molecule has 5 heteroatoms. The van der Waals surface area contributed by atoms with Gasteiger partial charge in [-0.15, -0.1) is 0 Å². The standard InChI is InChI=1S/C15H25N3O2/c1-3-17-14(13-9-16-11-18(13)2)12-4-6-20-15(8-12)5-7-19-10-15/h9,11-12,14,17H,3-8,10H2,1-2H3. The molecule has 3 heterocycles. The molecule has 1 aromatic heterocycles. The Bertz CT molecular complexity index is 440. The molecule has 2 saturated heterocycles. The number of imidazole rings is 1. The van der Waals surface area contributed by atoms with Crippen molar-refractivity contribution in [1.82, 2.24) is 14.9 Å². The number of hydrogen-bond acceptors (Lipinski definition) is 4. The lowest BCUT2D eigenvalue weighted by Gasteiger charge is -2.40. The number of aryl methyl sites for hydroxylation is 1. The summed E-state index contributed by atoms with van der Waals surface area (Å²) in [6, 6.07) is 0.355. The van der Waals surface area contributed by atoms with E-state index in [1.54, 1.807) is 0 Å². The summed E-state index contributed by atoms with van der Waals surface area (Å²) in [6.45, 7) is 5.57. The van der Waals surface area contributed by atoms with Gasteiger partial charge in [-0.2, -0.15) is 0 Å². The Kier molecular flexibility index (Phi) is 4.10. The number of ether oxygens (including phenoxy) is 2. The molecule has 0 radical (unpaired) electrons. The van der Waals surface area contributed by atoms with Crippen LogP contribution in [0, 0.1) is 5.92 Å². The van der Waals surface area contributed by atoms with Crippen LogP contribution in [0.4, 0.5) is 0 Å². The van der Waals surface area contributed by atoms with Gasteiger partial charge in [-0.25, -0.2) is 4.98 Å². The fraction of sp³-hybridized carbons (Fsp3) is 0.800. The van der Waals surface area contributed by atoms with Gasteiger partial charge in [-0.3, -0.25) is 0 Å². The molecular formula is C15H25N3O2. The van der Waals surface area contributed by atoms with Crippen LogP contribution in [0.25, 0.3) is 0 Å². The molecule has 0 aliphatic carbocycles. The van der Waals surface area contributed by atoms with Crippen molar-refractivity contribution in [1.29, 1.82) is 0 Å². The number of rotatable bonds is 4. The Morgan fingerprint density at radius 1 is 1.55 bits per heavy atom. The van der Waals surface area contributed by atoms with Crippen molar-refractivity contribution in [2.75, 3.05) is 26.4 Å². The van der Waals surface area contributed by atoms with Gasteiger partial charge < -0.3 is 19.4 Å². The average molecular weight is 279 g/mol. The van der Waals surface area contributed by atoms with Gasteiger partial charge in [0.25, 0.3) is 0 Å². The third-order valence-corrected chi connectivity index (χ3v) is 4.67. The van der Waals surface area contributed by atoms with E-state index in [9.17, 15) is 0 Å². The molecule has 5 nitrogen and oxygen atoms in total. The highest BCUT2D eigenvalue weighted by atomic mass is 16.6. The molecule has 1 aromatic rings. The first-order valence-electron chi connectivity index (χ1n) is 7.65. The molecule has 2 aliphatic rings. The van der Waals surface area contributed by atoms with Crippen LogP contribution in [0.2, 0.25) is 0 Å². The predicted octanol–water partition coefficient (Wildman–Crippen LogP) is 1.66. The summed E-state index contributed by atoms with van der Waals surface area (Å²) in [4.78, 5) is 4.28. The minimum atomic E-state index is -0.0326. The molecule has 3 rings (SSSR count). The van der Waals surface area contributed by atoms with Gasteiger partial charge in [-0.05, 0) is 25.3 Å². The molecule has 112 valence electrons. The molecule has 1 N–H and O–H groups in total. The van der Waals surface area contributed by atoms with Crippen molar-refractivity contribution < 1.29 is 9.47 Å². The van der Waals surface area contributed by atoms with Gasteiger partial charge >= 0.3 is 0 Å². The van der Waals surface area contributed by atoms with Gasteiger partial charge in [0.1, 0.15) is 0 Å². The van der Waals surface area contributed by atoms with Gasteiger partial charge in [-0.1, -0.05) is 6.92 Å². The largest absolute Gasteiger partial charge is 0.378 e. The smallest absolute Gasteiger partial charge is 0.0946 e. The van der Waals surface area contributed by atoms with Crippen molar-refractivity contribution in [2.45, 2.75) is 37.8 Å². The first-order chi connectivity index (χ1) is 9.74. The van der Waals surface area contributed by atoms with Crippen molar-refractivity contribution >= 4 is 0 Å². The number of nitrogens with one attached hydrogen (secondary N) is 1. The van der Waals surface area contributed by atoms with Crippen LogP contribution >= 0.6 is 0 Å². The topological polar surface area (TPSA) is 48.3 Å². The Morgan fingerprint density at radius 2 is 2.45 bits per heavy atom. The summed E-state index contributed by atoms with van der Waals surface area (Å²) in [5, 5.41) is 3.64. The molecular weight excluding hydrogens is 254 g/mol. The van der Waals surface area contributed by atoms with Crippen LogP contribution in [-0.4, -0.2) is 41.5 Å². The Hall–Kier alpha value is -0.910. The maximum atomic E-state index is 6.06. The second kappa shape index (κ2) is 5.84. The van der Waals surface area contributed by atoms with E-state index >= 15 is 0 Å². The molecule has 0 saturated carbocycles. The fourth-order valence-corrected chi connectivity index (χ4v) is 3.61. The van der Waals surface area contributed by atoms with E-state index in [0.29, 0.717) is 12.0 Å². The van der Waals surface area contributed by atoms with Gasteiger partial charge in [0, 0.05) is 32.9 Å². The highest BCUT2D eigenvalue weighted by Crippen LogP contribution is 2.40. The molecule has 2 fully saturated rings. The van der Waals surface area contributed by atoms with Gasteiger partial charge in [0.15, 0.2) is 0 Å². The van der Waals surface area contributed by atoms with Crippen LogP contribution in [0.5, 0.6) is 0 Å². The summed E-state index contributed by atoms with van der Waals surface area (Å²) >= 11 is 0. The third kappa shape index (κ3) is 2.62. The molecule has 3 unspecified atom stereocenters. The highest BCUT2D eigenvalue weighted by molar-refractivity contribution is 5.08. The van der Waals surface area contributed by atoms with Crippen molar-refractivity contribution in [3.63, 3.8) is 0 Å². The monoisotopic (exact) mass is 279 g/mol. The second-order valence-electron chi connectivity index (χ2n) is 6.05. The van der Waals surface area contributed by atoms with Gasteiger partial charge in [0.2, 0.25) is 0 Å². The average Bonchev–Trinajstić information content (AvgIpc) is 3.06. The van der Waals surface area contributed by atoms with E-state index in [2.05, 4.69) is 28.8 Å². The van der Waals surface area contributed by atoms with Crippen LogP contribution in [0.1, 0.15) is 37.9 Å². The molecule has 1 spiro atoms. The zero-order valence-electron chi connectivity index (χ0n) is 12.5. The van der Waals surface area contributed by atoms with E-state index in [4.69, 9.17) is 9.47 Å². The molecule has 3 atom stereocenters. The molecule has 0 aromatic carbocycles. The second-order valence-corrected chi connectivity index (χ2v) is 6.05. The lowest BCUT2D eigenvalue weighted by Crippen LogP contribution is -2.44. The minimum absolute atomic E-state index is 0.0326. The zero-order valence-corrected chi connectivity index (χ0v) is 12.5. The number of aromatic nitrogens is 2. The maximum absolute atomic E-state index is 6.06. The molecule has 0 bridgehead atoms. The van der Waals surface area contributed by atoms with Crippen molar-refractivity contribution in [2.24, 2.45) is 13.0 Å². The van der Waals surface area contributed by atoms with Crippen LogP contribution in [0.15, 0.2) is 12.5 Å². The Labute approximate surface area is 120 Å². The third-order valence-electron chi connectivity index (χ3n) is 4.67. The first kappa shape index (κ1) is 14.0. The van der Waals surface area contributed by atoms with E-state index in [1.807, 2.05) is 12.5 Å². The highest BCUT2D eigenvalue weighted by Gasteiger charge is 2.43. The summed E-state index contributed by atoms with van der Waals surface area (Å²) < 4.78 is 13.8. The molecule has 2 aliphatic heterocycles. The summed E-state index contributed by atoms with van der Waals surface area (Å²) in [6.07, 6.45) is 7.09. The quantitative estimate of drug-likeness (QED) is 0.910. The van der Waals surface area contributed by atoms with E-state index < -0.39 is 0 Å².